The van der Waals surface area contributed by atoms with Crippen LogP contribution < -0.4 is 4.90 Å². The molecule has 2 aliphatic carbocycles. The molecule has 5 rings (SSSR count). The van der Waals surface area contributed by atoms with Crippen molar-refractivity contribution >= 4 is 11.7 Å². The summed E-state index contributed by atoms with van der Waals surface area (Å²) in [6.45, 7) is 14.1. The zero-order valence-corrected chi connectivity index (χ0v) is 19.7. The zero-order valence-electron chi connectivity index (χ0n) is 19.7. The van der Waals surface area contributed by atoms with Crippen LogP contribution in [0.4, 0.5) is 5.69 Å². The van der Waals surface area contributed by atoms with Crippen LogP contribution in [-0.2, 0) is 9.53 Å². The number of ether oxygens (including phenoxy) is 1. The van der Waals surface area contributed by atoms with Crippen LogP contribution in [0.25, 0.3) is 0 Å². The van der Waals surface area contributed by atoms with Gasteiger partial charge in [0.25, 0.3) is 0 Å². The number of carbonyl (C=O) groups is 1. The smallest absolute Gasteiger partial charge is 0.310 e. The number of benzene rings is 1. The maximum atomic E-state index is 12.9. The predicted molar refractivity (Wildman–Crippen MR) is 125 cm³/mol. The number of esters is 1. The summed E-state index contributed by atoms with van der Waals surface area (Å²) in [7, 11) is 0. The first-order valence-corrected chi connectivity index (χ1v) is 12.3. The summed E-state index contributed by atoms with van der Waals surface area (Å²) in [4.78, 5) is 17.9. The van der Waals surface area contributed by atoms with Gasteiger partial charge in [-0.15, -0.1) is 0 Å². The lowest BCUT2D eigenvalue weighted by molar-refractivity contribution is -0.145. The fourth-order valence-electron chi connectivity index (χ4n) is 6.83. The fraction of sp³-hybridized carbons (Fsp3) is 0.667. The molecule has 168 valence electrons. The Bertz CT molecular complexity index is 898. The molecule has 4 atom stereocenters. The van der Waals surface area contributed by atoms with Crippen molar-refractivity contribution in [2.75, 3.05) is 37.6 Å². The van der Waals surface area contributed by atoms with E-state index in [9.17, 15) is 4.79 Å². The quantitative estimate of drug-likeness (QED) is 0.513. The van der Waals surface area contributed by atoms with Crippen molar-refractivity contribution < 1.29 is 9.53 Å². The second-order valence-corrected chi connectivity index (χ2v) is 10.9. The van der Waals surface area contributed by atoms with E-state index in [-0.39, 0.29) is 23.4 Å². The van der Waals surface area contributed by atoms with Crippen LogP contribution in [0.3, 0.4) is 0 Å². The molecule has 3 fully saturated rings. The molecule has 0 N–H and O–H groups in total. The highest BCUT2D eigenvalue weighted by atomic mass is 16.6. The van der Waals surface area contributed by atoms with Gasteiger partial charge >= 0.3 is 5.97 Å². The minimum absolute atomic E-state index is 0.0454. The maximum absolute atomic E-state index is 12.9. The molecule has 0 unspecified atom stereocenters. The molecule has 0 radical (unpaired) electrons. The van der Waals surface area contributed by atoms with Gasteiger partial charge in [-0.2, -0.15) is 0 Å². The molecule has 2 aliphatic heterocycles. The molecule has 2 heterocycles. The van der Waals surface area contributed by atoms with Crippen molar-refractivity contribution in [1.29, 1.82) is 0 Å². The third-order valence-corrected chi connectivity index (χ3v) is 8.71. The molecule has 0 spiro atoms. The molecular formula is C27H38N2O2. The average molecular weight is 423 g/mol. The van der Waals surface area contributed by atoms with Gasteiger partial charge in [-0.25, -0.2) is 0 Å². The maximum Gasteiger partial charge on any atom is 0.310 e. The van der Waals surface area contributed by atoms with Gasteiger partial charge in [0.1, 0.15) is 6.10 Å². The number of carbonyl (C=O) groups excluding carboxylic acids is 1. The third-order valence-electron chi connectivity index (χ3n) is 8.71. The second-order valence-electron chi connectivity index (χ2n) is 10.9. The number of rotatable bonds is 3. The van der Waals surface area contributed by atoms with Crippen molar-refractivity contribution in [3.63, 3.8) is 0 Å². The largest absolute Gasteiger partial charge is 0.462 e. The number of hydrogen-bond donors (Lipinski definition) is 0. The number of fused-ring (bicyclic) bond motifs is 2. The van der Waals surface area contributed by atoms with E-state index < -0.39 is 0 Å². The van der Waals surface area contributed by atoms with Crippen LogP contribution in [0, 0.1) is 31.1 Å². The molecular weight excluding hydrogens is 384 g/mol. The zero-order chi connectivity index (χ0) is 21.8. The van der Waals surface area contributed by atoms with Gasteiger partial charge < -0.3 is 9.64 Å². The highest BCUT2D eigenvalue weighted by Gasteiger charge is 2.53. The van der Waals surface area contributed by atoms with Gasteiger partial charge in [-0.05, 0) is 75.5 Å². The number of hydrogen-bond acceptors (Lipinski definition) is 4. The van der Waals surface area contributed by atoms with Crippen molar-refractivity contribution in [3.05, 3.63) is 40.5 Å². The summed E-state index contributed by atoms with van der Waals surface area (Å²) in [5.74, 6) is 0.483. The van der Waals surface area contributed by atoms with Crippen molar-refractivity contribution in [2.45, 2.75) is 65.9 Å². The van der Waals surface area contributed by atoms with Gasteiger partial charge in [0.15, 0.2) is 0 Å². The molecule has 0 amide bonds. The number of nitrogens with zero attached hydrogens (tertiary/aromatic N) is 2. The van der Waals surface area contributed by atoms with Crippen LogP contribution in [0.15, 0.2) is 29.3 Å². The van der Waals surface area contributed by atoms with Gasteiger partial charge in [-0.1, -0.05) is 30.2 Å². The SMILES string of the molecule is CC1=C2C[C@@H]3[C@H](CN4CCN(c5cc(C)ccc5C)CC4)C(=O)O[C@@H]3C[C@@]2(C)CCC1. The third kappa shape index (κ3) is 3.82. The van der Waals surface area contributed by atoms with Gasteiger partial charge in [-0.3, -0.25) is 9.69 Å². The number of allylic oxidation sites excluding steroid dienone is 2. The minimum Gasteiger partial charge on any atom is -0.462 e. The van der Waals surface area contributed by atoms with E-state index in [0.29, 0.717) is 5.92 Å². The summed E-state index contributed by atoms with van der Waals surface area (Å²) in [5, 5.41) is 0. The molecule has 1 saturated carbocycles. The molecule has 1 aromatic rings. The van der Waals surface area contributed by atoms with E-state index in [0.717, 1.165) is 45.6 Å². The van der Waals surface area contributed by atoms with Crippen LogP contribution in [0.1, 0.15) is 57.1 Å². The molecule has 2 saturated heterocycles. The lowest BCUT2D eigenvalue weighted by Gasteiger charge is -2.46. The predicted octanol–water partition coefficient (Wildman–Crippen LogP) is 4.88. The summed E-state index contributed by atoms with van der Waals surface area (Å²) >= 11 is 0. The van der Waals surface area contributed by atoms with Crippen molar-refractivity contribution in [3.8, 4) is 0 Å². The van der Waals surface area contributed by atoms with Gasteiger partial charge in [0.2, 0.25) is 0 Å². The van der Waals surface area contributed by atoms with E-state index in [1.54, 1.807) is 11.1 Å². The van der Waals surface area contributed by atoms with Crippen LogP contribution >= 0.6 is 0 Å². The first kappa shape index (κ1) is 21.1. The lowest BCUT2D eigenvalue weighted by atomic mass is 9.59. The van der Waals surface area contributed by atoms with Crippen LogP contribution in [0.2, 0.25) is 0 Å². The summed E-state index contributed by atoms with van der Waals surface area (Å²) in [6, 6.07) is 6.73. The van der Waals surface area contributed by atoms with Gasteiger partial charge in [0.05, 0.1) is 5.92 Å². The normalized spacial score (nSPS) is 33.9. The fourth-order valence-corrected chi connectivity index (χ4v) is 6.83. The highest BCUT2D eigenvalue weighted by Crippen LogP contribution is 2.55. The molecule has 1 aromatic carbocycles. The number of piperazine rings is 1. The Balaban J connectivity index is 1.25. The molecule has 0 aromatic heterocycles. The minimum atomic E-state index is 0.0454. The van der Waals surface area contributed by atoms with E-state index in [4.69, 9.17) is 4.74 Å². The molecule has 0 bridgehead atoms. The first-order valence-electron chi connectivity index (χ1n) is 12.3. The van der Waals surface area contributed by atoms with Crippen LogP contribution in [-0.4, -0.2) is 49.7 Å². The second kappa shape index (κ2) is 7.95. The van der Waals surface area contributed by atoms with E-state index in [1.807, 2.05) is 0 Å². The Labute approximate surface area is 187 Å². The van der Waals surface area contributed by atoms with Crippen LogP contribution in [0.5, 0.6) is 0 Å². The molecule has 4 aliphatic rings. The lowest BCUT2D eigenvalue weighted by Crippen LogP contribution is -2.49. The van der Waals surface area contributed by atoms with E-state index in [2.05, 4.69) is 55.7 Å². The Hall–Kier alpha value is -1.81. The number of aryl methyl sites for hydroxylation is 2. The molecule has 4 nitrogen and oxygen atoms in total. The average Bonchev–Trinajstić information content (AvgIpc) is 3.02. The molecule has 4 heteroatoms. The topological polar surface area (TPSA) is 32.8 Å². The molecule has 31 heavy (non-hydrogen) atoms. The highest BCUT2D eigenvalue weighted by molar-refractivity contribution is 5.76. The summed E-state index contributed by atoms with van der Waals surface area (Å²) < 4.78 is 5.99. The Morgan fingerprint density at radius 1 is 1.13 bits per heavy atom. The van der Waals surface area contributed by atoms with E-state index in [1.165, 1.54) is 36.1 Å². The number of anilines is 1. The summed E-state index contributed by atoms with van der Waals surface area (Å²) in [5.41, 5.74) is 7.54. The Morgan fingerprint density at radius 3 is 2.68 bits per heavy atom. The monoisotopic (exact) mass is 422 g/mol. The Morgan fingerprint density at radius 2 is 1.90 bits per heavy atom. The standard InChI is InChI=1S/C27H38N2O2/c1-18-7-8-20(3)24(14-18)29-12-10-28(11-13-29)17-22-21-15-23-19(2)6-5-9-27(23,4)16-25(21)31-26(22)30/h7-8,14,21-22,25H,5-6,9-13,15-17H2,1-4H3/t21-,22+,25-,27-/m1/s1. The first-order chi connectivity index (χ1) is 14.8. The van der Waals surface area contributed by atoms with E-state index >= 15 is 0 Å². The summed E-state index contributed by atoms with van der Waals surface area (Å²) in [6.07, 6.45) is 6.02. The Kier molecular flexibility index (Phi) is 5.40. The van der Waals surface area contributed by atoms with Crippen molar-refractivity contribution in [2.24, 2.45) is 17.3 Å². The van der Waals surface area contributed by atoms with Crippen molar-refractivity contribution in [1.82, 2.24) is 4.90 Å². The van der Waals surface area contributed by atoms with Gasteiger partial charge in [0, 0.05) is 44.3 Å².